The smallest absolute Gasteiger partial charge is 0.150 e. The fourth-order valence-corrected chi connectivity index (χ4v) is 3.09. The van der Waals surface area contributed by atoms with E-state index in [1.165, 1.54) is 0 Å². The van der Waals surface area contributed by atoms with Gasteiger partial charge in [0.05, 0.1) is 12.2 Å². The van der Waals surface area contributed by atoms with Gasteiger partial charge < -0.3 is 4.74 Å². The summed E-state index contributed by atoms with van der Waals surface area (Å²) in [7, 11) is 0. The Bertz CT molecular complexity index is 370. The zero-order valence-corrected chi connectivity index (χ0v) is 10.9. The van der Waals surface area contributed by atoms with Crippen molar-refractivity contribution in [3.05, 3.63) is 29.8 Å². The number of rotatable bonds is 3. The third-order valence-electron chi connectivity index (χ3n) is 2.64. The molecule has 0 radical (unpaired) electrons. The molecule has 2 atom stereocenters. The maximum atomic E-state index is 10.6. The van der Waals surface area contributed by atoms with Crippen molar-refractivity contribution in [1.82, 2.24) is 4.31 Å². The van der Waals surface area contributed by atoms with Crippen LogP contribution in [0.15, 0.2) is 29.2 Å². The summed E-state index contributed by atoms with van der Waals surface area (Å²) < 4.78 is 8.00. The Morgan fingerprint density at radius 1 is 1.24 bits per heavy atom. The van der Waals surface area contributed by atoms with Gasteiger partial charge in [-0.1, -0.05) is 12.1 Å². The van der Waals surface area contributed by atoms with Gasteiger partial charge in [-0.3, -0.25) is 4.79 Å². The van der Waals surface area contributed by atoms with E-state index in [-0.39, 0.29) is 12.2 Å². The first-order chi connectivity index (χ1) is 8.17. The molecule has 92 valence electrons. The number of morpholine rings is 1. The first kappa shape index (κ1) is 12.6. The summed E-state index contributed by atoms with van der Waals surface area (Å²) in [5, 5.41) is 0. The molecule has 0 bridgehead atoms. The number of aldehydes is 1. The van der Waals surface area contributed by atoms with Gasteiger partial charge >= 0.3 is 0 Å². The van der Waals surface area contributed by atoms with Crippen LogP contribution in [-0.4, -0.2) is 35.9 Å². The molecule has 0 aliphatic carbocycles. The number of benzene rings is 1. The lowest BCUT2D eigenvalue weighted by Gasteiger charge is -2.34. The highest BCUT2D eigenvalue weighted by molar-refractivity contribution is 7.97. The van der Waals surface area contributed by atoms with Crippen LogP contribution in [-0.2, 0) is 4.74 Å². The molecule has 0 saturated carbocycles. The number of hydrogen-bond acceptors (Lipinski definition) is 4. The number of carbonyl (C=O) groups is 1. The minimum Gasteiger partial charge on any atom is -0.373 e. The van der Waals surface area contributed by atoms with Gasteiger partial charge in [-0.05, 0) is 37.9 Å². The van der Waals surface area contributed by atoms with E-state index in [1.807, 2.05) is 24.3 Å². The number of nitrogens with zero attached hydrogens (tertiary/aromatic N) is 1. The summed E-state index contributed by atoms with van der Waals surface area (Å²) in [6.07, 6.45) is 1.42. The molecule has 17 heavy (non-hydrogen) atoms. The van der Waals surface area contributed by atoms with Crippen LogP contribution in [0, 0.1) is 0 Å². The van der Waals surface area contributed by atoms with E-state index in [0.29, 0.717) is 0 Å². The van der Waals surface area contributed by atoms with Crippen LogP contribution in [0.4, 0.5) is 0 Å². The van der Waals surface area contributed by atoms with E-state index >= 15 is 0 Å². The predicted octanol–water partition coefficient (Wildman–Crippen LogP) is 2.62. The Kier molecular flexibility index (Phi) is 4.20. The van der Waals surface area contributed by atoms with Crippen LogP contribution >= 0.6 is 11.9 Å². The molecule has 1 aromatic rings. The maximum Gasteiger partial charge on any atom is 0.150 e. The molecule has 0 N–H and O–H groups in total. The Balaban J connectivity index is 1.97. The number of carbonyl (C=O) groups excluding carboxylic acids is 1. The quantitative estimate of drug-likeness (QED) is 0.610. The van der Waals surface area contributed by atoms with Gasteiger partial charge in [0.15, 0.2) is 0 Å². The van der Waals surface area contributed by atoms with E-state index in [9.17, 15) is 4.79 Å². The van der Waals surface area contributed by atoms with Gasteiger partial charge in [0.1, 0.15) is 6.29 Å². The van der Waals surface area contributed by atoms with Crippen molar-refractivity contribution in [2.75, 3.05) is 13.1 Å². The minimum atomic E-state index is 0.278. The van der Waals surface area contributed by atoms with Gasteiger partial charge in [0.2, 0.25) is 0 Å². The zero-order chi connectivity index (χ0) is 12.3. The average Bonchev–Trinajstić information content (AvgIpc) is 2.28. The zero-order valence-electron chi connectivity index (χ0n) is 10.1. The van der Waals surface area contributed by atoms with E-state index in [2.05, 4.69) is 18.2 Å². The highest BCUT2D eigenvalue weighted by atomic mass is 32.2. The van der Waals surface area contributed by atoms with Gasteiger partial charge in [-0.25, -0.2) is 4.31 Å². The molecule has 1 aliphatic heterocycles. The van der Waals surface area contributed by atoms with Gasteiger partial charge in [0.25, 0.3) is 0 Å². The van der Waals surface area contributed by atoms with Crippen molar-refractivity contribution >= 4 is 18.2 Å². The van der Waals surface area contributed by atoms with Crippen LogP contribution in [0.2, 0.25) is 0 Å². The van der Waals surface area contributed by atoms with E-state index in [0.717, 1.165) is 29.8 Å². The molecule has 3 nitrogen and oxygen atoms in total. The molecule has 0 aromatic heterocycles. The van der Waals surface area contributed by atoms with Crippen LogP contribution in [0.3, 0.4) is 0 Å². The molecule has 2 unspecified atom stereocenters. The molecule has 2 rings (SSSR count). The Morgan fingerprint density at radius 3 is 2.35 bits per heavy atom. The summed E-state index contributed by atoms with van der Waals surface area (Å²) in [6, 6.07) is 7.67. The molecule has 1 aromatic carbocycles. The number of ether oxygens (including phenoxy) is 1. The minimum absolute atomic E-state index is 0.278. The van der Waals surface area contributed by atoms with Gasteiger partial charge in [0, 0.05) is 23.5 Å². The lowest BCUT2D eigenvalue weighted by Crippen LogP contribution is -2.41. The third-order valence-corrected chi connectivity index (χ3v) is 3.68. The van der Waals surface area contributed by atoms with Crippen molar-refractivity contribution in [2.45, 2.75) is 31.0 Å². The predicted molar refractivity (Wildman–Crippen MR) is 69.3 cm³/mol. The highest BCUT2D eigenvalue weighted by Gasteiger charge is 2.22. The molecule has 1 aliphatic rings. The molecular formula is C13H17NO2S. The van der Waals surface area contributed by atoms with Crippen molar-refractivity contribution in [3.63, 3.8) is 0 Å². The summed E-state index contributed by atoms with van der Waals surface area (Å²) in [6.45, 7) is 6.06. The Hall–Kier alpha value is -0.840. The van der Waals surface area contributed by atoms with E-state index in [4.69, 9.17) is 4.74 Å². The topological polar surface area (TPSA) is 29.5 Å². The Labute approximate surface area is 106 Å². The second-order valence-corrected chi connectivity index (χ2v) is 5.55. The first-order valence-electron chi connectivity index (χ1n) is 5.81. The second-order valence-electron chi connectivity index (χ2n) is 4.38. The molecule has 1 saturated heterocycles. The van der Waals surface area contributed by atoms with Crippen LogP contribution in [0.1, 0.15) is 24.2 Å². The van der Waals surface area contributed by atoms with E-state index in [1.54, 1.807) is 11.9 Å². The van der Waals surface area contributed by atoms with E-state index < -0.39 is 0 Å². The summed E-state index contributed by atoms with van der Waals surface area (Å²) >= 11 is 1.73. The molecule has 4 heteroatoms. The third kappa shape index (κ3) is 3.56. The molecule has 0 spiro atoms. The highest BCUT2D eigenvalue weighted by Crippen LogP contribution is 2.26. The molecular weight excluding hydrogens is 234 g/mol. The van der Waals surface area contributed by atoms with Crippen molar-refractivity contribution in [3.8, 4) is 0 Å². The average molecular weight is 251 g/mol. The van der Waals surface area contributed by atoms with Crippen LogP contribution in [0.25, 0.3) is 0 Å². The van der Waals surface area contributed by atoms with Crippen molar-refractivity contribution in [2.24, 2.45) is 0 Å². The normalized spacial score (nSPS) is 25.8. The fourth-order valence-electron chi connectivity index (χ4n) is 1.96. The molecule has 0 amide bonds. The fraction of sp³-hybridized carbons (Fsp3) is 0.462. The van der Waals surface area contributed by atoms with Crippen LogP contribution in [0.5, 0.6) is 0 Å². The first-order valence-corrected chi connectivity index (χ1v) is 6.58. The molecule has 1 fully saturated rings. The lowest BCUT2D eigenvalue weighted by atomic mass is 10.2. The van der Waals surface area contributed by atoms with Gasteiger partial charge in [-0.2, -0.15) is 0 Å². The monoisotopic (exact) mass is 251 g/mol. The largest absolute Gasteiger partial charge is 0.373 e. The Morgan fingerprint density at radius 2 is 1.82 bits per heavy atom. The summed E-state index contributed by atoms with van der Waals surface area (Å²) in [4.78, 5) is 11.7. The number of hydrogen-bond donors (Lipinski definition) is 0. The van der Waals surface area contributed by atoms with Crippen molar-refractivity contribution in [1.29, 1.82) is 0 Å². The maximum absolute atomic E-state index is 10.6. The van der Waals surface area contributed by atoms with Crippen LogP contribution < -0.4 is 0 Å². The summed E-state index contributed by atoms with van der Waals surface area (Å²) in [5.41, 5.74) is 0.720. The van der Waals surface area contributed by atoms with Gasteiger partial charge in [-0.15, -0.1) is 0 Å². The SMILES string of the molecule is CC1CN(Sc2ccc(C=O)cc2)CC(C)O1. The lowest BCUT2D eigenvalue weighted by molar-refractivity contribution is -0.0414. The standard InChI is InChI=1S/C13H17NO2S/c1-10-7-14(8-11(2)16-10)17-13-5-3-12(9-15)4-6-13/h3-6,9-11H,7-8H2,1-2H3. The van der Waals surface area contributed by atoms with Crippen molar-refractivity contribution < 1.29 is 9.53 Å². The summed E-state index contributed by atoms with van der Waals surface area (Å²) in [5.74, 6) is 0. The second kappa shape index (κ2) is 5.67. The molecule has 1 heterocycles.